The molecule has 2 rings (SSSR count). The largest absolute Gasteiger partial charge is 0.573 e. The molecule has 1 aromatic heterocycles. The Bertz CT molecular complexity index is 617. The zero-order valence-corrected chi connectivity index (χ0v) is 10.7. The minimum Gasteiger partial charge on any atom is -0.406 e. The Morgan fingerprint density at radius 2 is 2.00 bits per heavy atom. The van der Waals surface area contributed by atoms with Crippen molar-refractivity contribution in [3.8, 4) is 17.0 Å². The van der Waals surface area contributed by atoms with Gasteiger partial charge in [0.2, 0.25) is 0 Å². The highest BCUT2D eigenvalue weighted by Crippen LogP contribution is 2.29. The van der Waals surface area contributed by atoms with Crippen molar-refractivity contribution >= 4 is 11.6 Å². The van der Waals surface area contributed by atoms with Gasteiger partial charge in [0.05, 0.1) is 17.3 Å². The van der Waals surface area contributed by atoms with Gasteiger partial charge in [0.15, 0.2) is 0 Å². The van der Waals surface area contributed by atoms with E-state index in [0.29, 0.717) is 21.8 Å². The Hall–Kier alpha value is -1.79. The van der Waals surface area contributed by atoms with Gasteiger partial charge in [-0.3, -0.25) is 4.98 Å². The Morgan fingerprint density at radius 3 is 2.65 bits per heavy atom. The zero-order valence-electron chi connectivity index (χ0n) is 9.99. The molecule has 0 aliphatic heterocycles. The fraction of sp³-hybridized carbons (Fsp3) is 0.154. The number of alkyl halides is 3. The van der Waals surface area contributed by atoms with Gasteiger partial charge in [0.1, 0.15) is 5.75 Å². The van der Waals surface area contributed by atoms with Crippen LogP contribution in [0.5, 0.6) is 5.75 Å². The highest BCUT2D eigenvalue weighted by Gasteiger charge is 2.31. The molecule has 0 spiro atoms. The van der Waals surface area contributed by atoms with Gasteiger partial charge in [-0.1, -0.05) is 23.7 Å². The average Bonchev–Trinajstić information content (AvgIpc) is 2.36. The van der Waals surface area contributed by atoms with Crippen LogP contribution in [0.2, 0.25) is 5.02 Å². The molecular formula is C13H9ClF3NO2. The number of pyridine rings is 1. The van der Waals surface area contributed by atoms with E-state index in [4.69, 9.17) is 11.6 Å². The Kier molecular flexibility index (Phi) is 4.15. The first-order chi connectivity index (χ1) is 9.39. The van der Waals surface area contributed by atoms with Gasteiger partial charge in [-0.15, -0.1) is 13.2 Å². The maximum absolute atomic E-state index is 12.2. The first kappa shape index (κ1) is 14.6. The molecule has 0 amide bonds. The maximum Gasteiger partial charge on any atom is 0.573 e. The van der Waals surface area contributed by atoms with Crippen molar-refractivity contribution < 1.29 is 23.0 Å². The molecule has 1 heterocycles. The van der Waals surface area contributed by atoms with Gasteiger partial charge in [-0.2, -0.15) is 0 Å². The van der Waals surface area contributed by atoms with E-state index in [2.05, 4.69) is 9.72 Å². The predicted molar refractivity (Wildman–Crippen MR) is 67.3 cm³/mol. The molecule has 0 unspecified atom stereocenters. The second-order valence-corrected chi connectivity index (χ2v) is 4.33. The summed E-state index contributed by atoms with van der Waals surface area (Å²) in [5, 5.41) is 9.58. The molecule has 0 fully saturated rings. The third kappa shape index (κ3) is 3.61. The monoisotopic (exact) mass is 303 g/mol. The molecule has 20 heavy (non-hydrogen) atoms. The summed E-state index contributed by atoms with van der Waals surface area (Å²) in [6.45, 7) is -0.326. The summed E-state index contributed by atoms with van der Waals surface area (Å²) in [5.41, 5.74) is 1.17. The lowest BCUT2D eigenvalue weighted by Crippen LogP contribution is -2.17. The molecule has 0 saturated heterocycles. The maximum atomic E-state index is 12.2. The molecule has 2 aromatic rings. The minimum absolute atomic E-state index is 0.326. The SMILES string of the molecule is OCc1cc(Cl)cnc1-c1cccc(OC(F)(F)F)c1. The van der Waals surface area contributed by atoms with Gasteiger partial charge in [0.25, 0.3) is 0 Å². The van der Waals surface area contributed by atoms with Crippen LogP contribution in [0.3, 0.4) is 0 Å². The van der Waals surface area contributed by atoms with E-state index < -0.39 is 6.36 Å². The standard InChI is InChI=1S/C13H9ClF3NO2/c14-10-4-9(7-19)12(18-6-10)8-2-1-3-11(5-8)20-13(15,16)17/h1-6,19H,7H2. The molecule has 3 nitrogen and oxygen atoms in total. The van der Waals surface area contributed by atoms with Gasteiger partial charge in [-0.25, -0.2) is 0 Å². The van der Waals surface area contributed by atoms with Crippen molar-refractivity contribution in [3.63, 3.8) is 0 Å². The molecule has 0 atom stereocenters. The Labute approximate surface area is 117 Å². The summed E-state index contributed by atoms with van der Waals surface area (Å²) in [6, 6.07) is 6.86. The van der Waals surface area contributed by atoms with E-state index in [-0.39, 0.29) is 12.4 Å². The molecule has 0 radical (unpaired) electrons. The lowest BCUT2D eigenvalue weighted by atomic mass is 10.1. The highest BCUT2D eigenvalue weighted by molar-refractivity contribution is 6.30. The lowest BCUT2D eigenvalue weighted by Gasteiger charge is -2.11. The van der Waals surface area contributed by atoms with Gasteiger partial charge in [0, 0.05) is 17.3 Å². The molecule has 1 N–H and O–H groups in total. The van der Waals surface area contributed by atoms with Gasteiger partial charge in [-0.05, 0) is 18.2 Å². The van der Waals surface area contributed by atoms with Crippen molar-refractivity contribution in [3.05, 3.63) is 47.1 Å². The molecule has 1 aromatic carbocycles. The second-order valence-electron chi connectivity index (χ2n) is 3.90. The summed E-state index contributed by atoms with van der Waals surface area (Å²) in [6.07, 6.45) is -3.40. The Balaban J connectivity index is 2.41. The molecule has 7 heteroatoms. The normalized spacial score (nSPS) is 11.4. The van der Waals surface area contributed by atoms with Crippen LogP contribution in [0.15, 0.2) is 36.5 Å². The topological polar surface area (TPSA) is 42.4 Å². The van der Waals surface area contributed by atoms with E-state index in [1.807, 2.05) is 0 Å². The molecule has 106 valence electrons. The van der Waals surface area contributed by atoms with Crippen LogP contribution in [0.1, 0.15) is 5.56 Å². The van der Waals surface area contributed by atoms with Crippen LogP contribution in [-0.2, 0) is 6.61 Å². The van der Waals surface area contributed by atoms with E-state index in [1.54, 1.807) is 6.07 Å². The van der Waals surface area contributed by atoms with E-state index in [9.17, 15) is 18.3 Å². The second kappa shape index (κ2) is 5.68. The zero-order chi connectivity index (χ0) is 14.8. The molecule has 0 saturated carbocycles. The smallest absolute Gasteiger partial charge is 0.406 e. The van der Waals surface area contributed by atoms with Gasteiger partial charge >= 0.3 is 6.36 Å². The first-order valence-corrected chi connectivity index (χ1v) is 5.88. The molecular weight excluding hydrogens is 295 g/mol. The number of aromatic nitrogens is 1. The summed E-state index contributed by atoms with van der Waals surface area (Å²) in [7, 11) is 0. The predicted octanol–water partition coefficient (Wildman–Crippen LogP) is 3.79. The number of nitrogens with zero attached hydrogens (tertiary/aromatic N) is 1. The number of rotatable bonds is 3. The van der Waals surface area contributed by atoms with Crippen molar-refractivity contribution in [2.75, 3.05) is 0 Å². The summed E-state index contributed by atoms with van der Waals surface area (Å²) < 4.78 is 40.4. The third-order valence-corrected chi connectivity index (χ3v) is 2.65. The van der Waals surface area contributed by atoms with E-state index in [0.717, 1.165) is 0 Å². The third-order valence-electron chi connectivity index (χ3n) is 2.44. The van der Waals surface area contributed by atoms with Crippen LogP contribution in [0.25, 0.3) is 11.3 Å². The average molecular weight is 304 g/mol. The number of halogens is 4. The van der Waals surface area contributed by atoms with Crippen LogP contribution in [0.4, 0.5) is 13.2 Å². The number of aliphatic hydroxyl groups is 1. The van der Waals surface area contributed by atoms with Crippen molar-refractivity contribution in [1.82, 2.24) is 4.98 Å². The van der Waals surface area contributed by atoms with E-state index in [1.165, 1.54) is 30.5 Å². The van der Waals surface area contributed by atoms with E-state index >= 15 is 0 Å². The van der Waals surface area contributed by atoms with Crippen molar-refractivity contribution in [2.45, 2.75) is 13.0 Å². The first-order valence-electron chi connectivity index (χ1n) is 5.50. The fourth-order valence-electron chi connectivity index (χ4n) is 1.70. The molecule has 0 aliphatic carbocycles. The summed E-state index contributed by atoms with van der Waals surface area (Å²) in [5.74, 6) is -0.351. The lowest BCUT2D eigenvalue weighted by molar-refractivity contribution is -0.274. The minimum atomic E-state index is -4.76. The number of ether oxygens (including phenoxy) is 1. The number of benzene rings is 1. The summed E-state index contributed by atoms with van der Waals surface area (Å²) >= 11 is 5.75. The van der Waals surface area contributed by atoms with Crippen LogP contribution < -0.4 is 4.74 Å². The highest BCUT2D eigenvalue weighted by atomic mass is 35.5. The fourth-order valence-corrected chi connectivity index (χ4v) is 1.88. The van der Waals surface area contributed by atoms with Crippen LogP contribution in [0, 0.1) is 0 Å². The van der Waals surface area contributed by atoms with Crippen molar-refractivity contribution in [2.24, 2.45) is 0 Å². The molecule has 0 bridgehead atoms. The Morgan fingerprint density at radius 1 is 1.25 bits per heavy atom. The summed E-state index contributed by atoms with van der Waals surface area (Å²) in [4.78, 5) is 4.03. The quantitative estimate of drug-likeness (QED) is 0.938. The number of hydrogen-bond acceptors (Lipinski definition) is 3. The van der Waals surface area contributed by atoms with Gasteiger partial charge < -0.3 is 9.84 Å². The van der Waals surface area contributed by atoms with Crippen molar-refractivity contribution in [1.29, 1.82) is 0 Å². The molecule has 0 aliphatic rings. The number of hydrogen-bond donors (Lipinski definition) is 1. The van der Waals surface area contributed by atoms with Crippen LogP contribution >= 0.6 is 11.6 Å². The van der Waals surface area contributed by atoms with Crippen LogP contribution in [-0.4, -0.2) is 16.5 Å². The number of aliphatic hydroxyl groups excluding tert-OH is 1.